The molecule has 0 saturated carbocycles. The first kappa shape index (κ1) is 12.7. The van der Waals surface area contributed by atoms with E-state index in [1.807, 2.05) is 22.8 Å². The van der Waals surface area contributed by atoms with Crippen molar-refractivity contribution < 1.29 is 0 Å². The van der Waals surface area contributed by atoms with E-state index in [9.17, 15) is 4.79 Å². The average molecular weight is 300 g/mol. The highest BCUT2D eigenvalue weighted by Gasteiger charge is 2.22. The van der Waals surface area contributed by atoms with Gasteiger partial charge in [-0.05, 0) is 48.1 Å². The average Bonchev–Trinajstić information content (AvgIpc) is 2.95. The topological polar surface area (TPSA) is 37.8 Å². The number of aryl methyl sites for hydroxylation is 2. The maximum Gasteiger partial charge on any atom is 0.258 e. The molecule has 2 aromatic carbocycles. The Morgan fingerprint density at radius 2 is 1.83 bits per heavy atom. The highest BCUT2D eigenvalue weighted by atomic mass is 16.1. The molecule has 3 heteroatoms. The maximum atomic E-state index is 12.9. The smallest absolute Gasteiger partial charge is 0.258 e. The lowest BCUT2D eigenvalue weighted by atomic mass is 9.98. The van der Waals surface area contributed by atoms with E-state index in [0.717, 1.165) is 46.2 Å². The van der Waals surface area contributed by atoms with Gasteiger partial charge in [-0.1, -0.05) is 30.3 Å². The summed E-state index contributed by atoms with van der Waals surface area (Å²) in [6.45, 7) is 2.81. The van der Waals surface area contributed by atoms with Gasteiger partial charge in [-0.2, -0.15) is 0 Å². The Balaban J connectivity index is 1.94. The Morgan fingerprint density at radius 3 is 2.74 bits per heavy atom. The van der Waals surface area contributed by atoms with Crippen LogP contribution in [0.5, 0.6) is 0 Å². The number of nitrogens with zero attached hydrogens (tertiary/aromatic N) is 1. The van der Waals surface area contributed by atoms with Gasteiger partial charge in [0.1, 0.15) is 0 Å². The SMILES string of the molecule is Cc1cccc2c(=O)n3c(cc12)-c1[nH]c2ccccc2c1CC3. The summed E-state index contributed by atoms with van der Waals surface area (Å²) in [6, 6.07) is 16.5. The van der Waals surface area contributed by atoms with Crippen molar-refractivity contribution in [2.24, 2.45) is 0 Å². The molecule has 1 aliphatic heterocycles. The maximum absolute atomic E-state index is 12.9. The van der Waals surface area contributed by atoms with Gasteiger partial charge < -0.3 is 9.55 Å². The second-order valence-corrected chi connectivity index (χ2v) is 6.30. The normalized spacial score (nSPS) is 13.3. The number of benzene rings is 2. The molecule has 3 nitrogen and oxygen atoms in total. The quantitative estimate of drug-likeness (QED) is 0.523. The van der Waals surface area contributed by atoms with Crippen molar-refractivity contribution in [3.63, 3.8) is 0 Å². The van der Waals surface area contributed by atoms with Crippen LogP contribution in [-0.2, 0) is 13.0 Å². The van der Waals surface area contributed by atoms with Crippen LogP contribution in [0.2, 0.25) is 0 Å². The van der Waals surface area contributed by atoms with Crippen LogP contribution >= 0.6 is 0 Å². The molecule has 0 fully saturated rings. The van der Waals surface area contributed by atoms with Gasteiger partial charge in [0.05, 0.1) is 11.4 Å². The third kappa shape index (κ3) is 1.62. The minimum Gasteiger partial charge on any atom is -0.353 e. The lowest BCUT2D eigenvalue weighted by Gasteiger charge is -2.20. The van der Waals surface area contributed by atoms with Crippen LogP contribution in [0.4, 0.5) is 0 Å². The third-order valence-corrected chi connectivity index (χ3v) is 5.03. The largest absolute Gasteiger partial charge is 0.353 e. The van der Waals surface area contributed by atoms with Crippen molar-refractivity contribution in [1.82, 2.24) is 9.55 Å². The summed E-state index contributed by atoms with van der Waals surface area (Å²) in [7, 11) is 0. The first-order chi connectivity index (χ1) is 11.2. The highest BCUT2D eigenvalue weighted by molar-refractivity contribution is 5.94. The second-order valence-electron chi connectivity index (χ2n) is 6.30. The van der Waals surface area contributed by atoms with Crippen LogP contribution in [0.15, 0.2) is 53.3 Å². The monoisotopic (exact) mass is 300 g/mol. The lowest BCUT2D eigenvalue weighted by Crippen LogP contribution is -2.26. The molecule has 0 atom stereocenters. The summed E-state index contributed by atoms with van der Waals surface area (Å²) in [4.78, 5) is 16.4. The Morgan fingerprint density at radius 1 is 1.00 bits per heavy atom. The number of pyridine rings is 1. The van der Waals surface area contributed by atoms with Gasteiger partial charge in [0, 0.05) is 22.8 Å². The van der Waals surface area contributed by atoms with E-state index in [0.29, 0.717) is 0 Å². The van der Waals surface area contributed by atoms with Gasteiger partial charge in [-0.25, -0.2) is 0 Å². The zero-order valence-corrected chi connectivity index (χ0v) is 12.9. The molecule has 0 aliphatic carbocycles. The molecule has 0 unspecified atom stereocenters. The molecule has 0 radical (unpaired) electrons. The van der Waals surface area contributed by atoms with Gasteiger partial charge in [0.25, 0.3) is 5.56 Å². The van der Waals surface area contributed by atoms with Crippen LogP contribution in [0.1, 0.15) is 11.1 Å². The summed E-state index contributed by atoms with van der Waals surface area (Å²) < 4.78 is 1.92. The summed E-state index contributed by atoms with van der Waals surface area (Å²) in [5, 5.41) is 3.13. The zero-order chi connectivity index (χ0) is 15.6. The first-order valence-electron chi connectivity index (χ1n) is 7.97. The molecule has 0 bridgehead atoms. The predicted octanol–water partition coefficient (Wildman–Crippen LogP) is 4.01. The van der Waals surface area contributed by atoms with E-state index in [-0.39, 0.29) is 5.56 Å². The van der Waals surface area contributed by atoms with E-state index in [4.69, 9.17) is 0 Å². The van der Waals surface area contributed by atoms with Gasteiger partial charge in [0.2, 0.25) is 0 Å². The molecule has 5 rings (SSSR count). The van der Waals surface area contributed by atoms with Crippen LogP contribution in [0.25, 0.3) is 33.1 Å². The van der Waals surface area contributed by atoms with Crippen LogP contribution in [0.3, 0.4) is 0 Å². The Labute approximate surface area is 133 Å². The minimum atomic E-state index is 0.116. The van der Waals surface area contributed by atoms with Crippen molar-refractivity contribution in [2.75, 3.05) is 0 Å². The molecule has 23 heavy (non-hydrogen) atoms. The van der Waals surface area contributed by atoms with E-state index in [1.165, 1.54) is 10.9 Å². The fraction of sp³-hybridized carbons (Fsp3) is 0.150. The molecule has 0 amide bonds. The van der Waals surface area contributed by atoms with Crippen molar-refractivity contribution >= 4 is 21.7 Å². The molecule has 3 heterocycles. The van der Waals surface area contributed by atoms with Crippen LogP contribution < -0.4 is 5.56 Å². The van der Waals surface area contributed by atoms with E-state index < -0.39 is 0 Å². The predicted molar refractivity (Wildman–Crippen MR) is 93.9 cm³/mol. The summed E-state index contributed by atoms with van der Waals surface area (Å²) in [5.74, 6) is 0. The fourth-order valence-corrected chi connectivity index (χ4v) is 3.86. The lowest BCUT2D eigenvalue weighted by molar-refractivity contribution is 0.665. The molecule has 1 aliphatic rings. The third-order valence-electron chi connectivity index (χ3n) is 5.03. The standard InChI is InChI=1S/C20H16N2O/c1-12-5-4-7-15-16(12)11-18-19-14(9-10-22(18)20(15)23)13-6-2-3-8-17(13)21-19/h2-8,11,21H,9-10H2,1H3. The summed E-state index contributed by atoms with van der Waals surface area (Å²) >= 11 is 0. The Hall–Kier alpha value is -2.81. The van der Waals surface area contributed by atoms with Crippen molar-refractivity contribution in [3.8, 4) is 11.4 Å². The van der Waals surface area contributed by atoms with Crippen molar-refractivity contribution in [3.05, 3.63) is 70.0 Å². The molecular weight excluding hydrogens is 284 g/mol. The fourth-order valence-electron chi connectivity index (χ4n) is 3.86. The molecule has 0 spiro atoms. The van der Waals surface area contributed by atoms with E-state index in [2.05, 4.69) is 42.2 Å². The van der Waals surface area contributed by atoms with Gasteiger partial charge >= 0.3 is 0 Å². The van der Waals surface area contributed by atoms with E-state index >= 15 is 0 Å². The number of nitrogens with one attached hydrogen (secondary N) is 1. The minimum absolute atomic E-state index is 0.116. The number of hydrogen-bond acceptors (Lipinski definition) is 1. The Kier molecular flexibility index (Phi) is 2.41. The van der Waals surface area contributed by atoms with Gasteiger partial charge in [-0.3, -0.25) is 4.79 Å². The molecule has 4 aromatic rings. The molecule has 0 saturated heterocycles. The highest BCUT2D eigenvalue weighted by Crippen LogP contribution is 2.35. The van der Waals surface area contributed by atoms with Crippen molar-refractivity contribution in [1.29, 1.82) is 0 Å². The summed E-state index contributed by atoms with van der Waals surface area (Å²) in [5.41, 5.74) is 5.84. The number of fused-ring (bicyclic) bond motifs is 6. The number of para-hydroxylation sites is 1. The van der Waals surface area contributed by atoms with Gasteiger partial charge in [-0.15, -0.1) is 0 Å². The molecule has 2 aromatic heterocycles. The number of hydrogen-bond donors (Lipinski definition) is 1. The second kappa shape index (κ2) is 4.35. The molecular formula is C20H16N2O. The van der Waals surface area contributed by atoms with Crippen molar-refractivity contribution in [2.45, 2.75) is 19.9 Å². The molecule has 112 valence electrons. The van der Waals surface area contributed by atoms with Crippen LogP contribution in [-0.4, -0.2) is 9.55 Å². The number of rotatable bonds is 0. The Bertz CT molecular complexity index is 1150. The molecule has 1 N–H and O–H groups in total. The number of aromatic amines is 1. The van der Waals surface area contributed by atoms with Gasteiger partial charge in [0.15, 0.2) is 0 Å². The first-order valence-corrected chi connectivity index (χ1v) is 7.97. The van der Waals surface area contributed by atoms with Crippen LogP contribution in [0, 0.1) is 6.92 Å². The number of aromatic nitrogens is 2. The van der Waals surface area contributed by atoms with E-state index in [1.54, 1.807) is 0 Å². The zero-order valence-electron chi connectivity index (χ0n) is 12.9. The number of H-pyrrole nitrogens is 1. The summed E-state index contributed by atoms with van der Waals surface area (Å²) in [6.07, 6.45) is 0.892.